The Kier molecular flexibility index (Phi) is 4.93. The Labute approximate surface area is 130 Å². The number of halogens is 1. The second-order valence-electron chi connectivity index (χ2n) is 5.36. The molecule has 1 aliphatic rings. The summed E-state index contributed by atoms with van der Waals surface area (Å²) in [6.45, 7) is 3.37. The monoisotopic (exact) mass is 298 g/mol. The highest BCUT2D eigenvalue weighted by Crippen LogP contribution is 2.21. The molecule has 1 fully saturated rings. The van der Waals surface area contributed by atoms with E-state index < -0.39 is 0 Å². The van der Waals surface area contributed by atoms with Crippen molar-refractivity contribution in [3.05, 3.63) is 71.8 Å². The Bertz CT molecular complexity index is 613. The zero-order chi connectivity index (χ0) is 15.2. The molecule has 0 saturated carbocycles. The molecule has 4 heteroatoms. The van der Waals surface area contributed by atoms with Crippen LogP contribution in [0.3, 0.4) is 0 Å². The van der Waals surface area contributed by atoms with Gasteiger partial charge in [0, 0.05) is 37.6 Å². The largest absolute Gasteiger partial charge is 0.371 e. The van der Waals surface area contributed by atoms with Crippen LogP contribution < -0.4 is 0 Å². The van der Waals surface area contributed by atoms with E-state index in [1.807, 2.05) is 18.3 Å². The summed E-state index contributed by atoms with van der Waals surface area (Å²) in [6, 6.07) is 10.5. The number of ether oxygens (including phenoxy) is 1. The number of rotatable bonds is 4. The molecule has 1 unspecified atom stereocenters. The minimum Gasteiger partial charge on any atom is -0.371 e. The lowest BCUT2D eigenvalue weighted by Crippen LogP contribution is -2.38. The van der Waals surface area contributed by atoms with Gasteiger partial charge >= 0.3 is 0 Å². The third-order valence-corrected chi connectivity index (χ3v) is 3.75. The fourth-order valence-corrected chi connectivity index (χ4v) is 2.55. The standard InChI is InChI=1S/C18H19FN2O/c19-17-7-5-15(6-8-17)3-2-10-21-11-12-22-18(14-21)16-4-1-9-20-13-16/h1-9,13,18H,10-12,14H2. The summed E-state index contributed by atoms with van der Waals surface area (Å²) in [5, 5.41) is 0. The minimum atomic E-state index is -0.204. The van der Waals surface area contributed by atoms with Gasteiger partial charge in [-0.25, -0.2) is 4.39 Å². The van der Waals surface area contributed by atoms with Crippen LogP contribution in [0.15, 0.2) is 54.9 Å². The number of morpholine rings is 1. The first-order chi connectivity index (χ1) is 10.8. The molecule has 114 valence electrons. The average molecular weight is 298 g/mol. The molecule has 0 amide bonds. The van der Waals surface area contributed by atoms with E-state index in [0.717, 1.165) is 37.4 Å². The predicted octanol–water partition coefficient (Wildman–Crippen LogP) is 3.31. The second-order valence-corrected chi connectivity index (χ2v) is 5.36. The van der Waals surface area contributed by atoms with Crippen molar-refractivity contribution < 1.29 is 9.13 Å². The Balaban J connectivity index is 1.55. The predicted molar refractivity (Wildman–Crippen MR) is 84.8 cm³/mol. The SMILES string of the molecule is Fc1ccc(C=CCN2CCOC(c3cccnc3)C2)cc1. The maximum absolute atomic E-state index is 12.9. The molecule has 22 heavy (non-hydrogen) atoms. The Morgan fingerprint density at radius 3 is 2.91 bits per heavy atom. The first kappa shape index (κ1) is 14.9. The van der Waals surface area contributed by atoms with Gasteiger partial charge in [0.25, 0.3) is 0 Å². The molecule has 1 saturated heterocycles. The molecule has 1 atom stereocenters. The molecule has 0 radical (unpaired) electrons. The highest BCUT2D eigenvalue weighted by molar-refractivity contribution is 5.48. The quantitative estimate of drug-likeness (QED) is 0.866. The third-order valence-electron chi connectivity index (χ3n) is 3.75. The summed E-state index contributed by atoms with van der Waals surface area (Å²) in [4.78, 5) is 6.50. The Morgan fingerprint density at radius 1 is 1.27 bits per heavy atom. The van der Waals surface area contributed by atoms with Crippen molar-refractivity contribution in [2.24, 2.45) is 0 Å². The Morgan fingerprint density at radius 2 is 2.14 bits per heavy atom. The van der Waals surface area contributed by atoms with E-state index in [4.69, 9.17) is 4.74 Å². The molecular weight excluding hydrogens is 279 g/mol. The zero-order valence-corrected chi connectivity index (χ0v) is 12.4. The van der Waals surface area contributed by atoms with Gasteiger partial charge in [-0.2, -0.15) is 0 Å². The van der Waals surface area contributed by atoms with Gasteiger partial charge in [-0.05, 0) is 23.8 Å². The number of benzene rings is 1. The van der Waals surface area contributed by atoms with Gasteiger partial charge in [0.2, 0.25) is 0 Å². The lowest BCUT2D eigenvalue weighted by molar-refractivity contribution is -0.0261. The highest BCUT2D eigenvalue weighted by Gasteiger charge is 2.21. The van der Waals surface area contributed by atoms with Crippen molar-refractivity contribution in [1.82, 2.24) is 9.88 Å². The van der Waals surface area contributed by atoms with Crippen molar-refractivity contribution in [3.63, 3.8) is 0 Å². The zero-order valence-electron chi connectivity index (χ0n) is 12.4. The average Bonchev–Trinajstić information content (AvgIpc) is 2.58. The fraction of sp³-hybridized carbons (Fsp3) is 0.278. The van der Waals surface area contributed by atoms with Crippen LogP contribution in [0.2, 0.25) is 0 Å². The van der Waals surface area contributed by atoms with Gasteiger partial charge in [0.05, 0.1) is 12.7 Å². The van der Waals surface area contributed by atoms with Gasteiger partial charge in [-0.1, -0.05) is 30.4 Å². The maximum atomic E-state index is 12.9. The summed E-state index contributed by atoms with van der Waals surface area (Å²) in [5.41, 5.74) is 2.13. The van der Waals surface area contributed by atoms with E-state index in [-0.39, 0.29) is 11.9 Å². The van der Waals surface area contributed by atoms with Crippen molar-refractivity contribution in [3.8, 4) is 0 Å². The molecule has 1 aliphatic heterocycles. The van der Waals surface area contributed by atoms with Crippen molar-refractivity contribution in [2.75, 3.05) is 26.2 Å². The topological polar surface area (TPSA) is 25.4 Å². The molecule has 0 aliphatic carbocycles. The highest BCUT2D eigenvalue weighted by atomic mass is 19.1. The molecule has 2 heterocycles. The molecule has 0 N–H and O–H groups in total. The Hall–Kier alpha value is -2.04. The minimum absolute atomic E-state index is 0.0849. The molecular formula is C18H19FN2O. The van der Waals surface area contributed by atoms with Crippen LogP contribution in [0.25, 0.3) is 6.08 Å². The van der Waals surface area contributed by atoms with Crippen LogP contribution in [0.4, 0.5) is 4.39 Å². The van der Waals surface area contributed by atoms with Crippen LogP contribution in [-0.4, -0.2) is 36.1 Å². The molecule has 1 aromatic heterocycles. The number of pyridine rings is 1. The number of aromatic nitrogens is 1. The molecule has 0 spiro atoms. The second kappa shape index (κ2) is 7.29. The van der Waals surface area contributed by atoms with Gasteiger partial charge < -0.3 is 4.74 Å². The number of hydrogen-bond acceptors (Lipinski definition) is 3. The van der Waals surface area contributed by atoms with E-state index in [2.05, 4.69) is 22.0 Å². The van der Waals surface area contributed by atoms with Crippen molar-refractivity contribution in [2.45, 2.75) is 6.10 Å². The summed E-state index contributed by atoms with van der Waals surface area (Å²) in [6.07, 6.45) is 7.85. The summed E-state index contributed by atoms with van der Waals surface area (Å²) >= 11 is 0. The van der Waals surface area contributed by atoms with E-state index in [9.17, 15) is 4.39 Å². The van der Waals surface area contributed by atoms with E-state index in [1.54, 1.807) is 18.3 Å². The normalized spacial score (nSPS) is 19.6. The molecule has 2 aromatic rings. The first-order valence-electron chi connectivity index (χ1n) is 7.47. The van der Waals surface area contributed by atoms with Crippen LogP contribution >= 0.6 is 0 Å². The molecule has 3 rings (SSSR count). The van der Waals surface area contributed by atoms with Gasteiger partial charge in [-0.3, -0.25) is 9.88 Å². The summed E-state index contributed by atoms with van der Waals surface area (Å²) in [7, 11) is 0. The van der Waals surface area contributed by atoms with E-state index in [0.29, 0.717) is 0 Å². The van der Waals surface area contributed by atoms with Crippen LogP contribution in [-0.2, 0) is 4.74 Å². The summed E-state index contributed by atoms with van der Waals surface area (Å²) in [5.74, 6) is -0.204. The lowest BCUT2D eigenvalue weighted by atomic mass is 10.1. The maximum Gasteiger partial charge on any atom is 0.123 e. The molecule has 3 nitrogen and oxygen atoms in total. The van der Waals surface area contributed by atoms with Gasteiger partial charge in [0.15, 0.2) is 0 Å². The van der Waals surface area contributed by atoms with Crippen molar-refractivity contribution >= 4 is 6.08 Å². The smallest absolute Gasteiger partial charge is 0.123 e. The van der Waals surface area contributed by atoms with Gasteiger partial charge in [0.1, 0.15) is 5.82 Å². The molecule has 1 aromatic carbocycles. The van der Waals surface area contributed by atoms with Crippen LogP contribution in [0, 0.1) is 5.82 Å². The molecule has 0 bridgehead atoms. The fourth-order valence-electron chi connectivity index (χ4n) is 2.55. The van der Waals surface area contributed by atoms with Crippen molar-refractivity contribution in [1.29, 1.82) is 0 Å². The summed E-state index contributed by atoms with van der Waals surface area (Å²) < 4.78 is 18.7. The van der Waals surface area contributed by atoms with Gasteiger partial charge in [-0.15, -0.1) is 0 Å². The third kappa shape index (κ3) is 4.00. The van der Waals surface area contributed by atoms with Crippen LogP contribution in [0.5, 0.6) is 0 Å². The first-order valence-corrected chi connectivity index (χ1v) is 7.47. The van der Waals surface area contributed by atoms with E-state index in [1.165, 1.54) is 12.1 Å². The van der Waals surface area contributed by atoms with E-state index >= 15 is 0 Å². The number of nitrogens with zero attached hydrogens (tertiary/aromatic N) is 2. The number of hydrogen-bond donors (Lipinski definition) is 0. The lowest BCUT2D eigenvalue weighted by Gasteiger charge is -2.32. The van der Waals surface area contributed by atoms with Crippen LogP contribution in [0.1, 0.15) is 17.2 Å².